The van der Waals surface area contributed by atoms with Gasteiger partial charge >= 0.3 is 0 Å². The molecule has 1 aromatic heterocycles. The molecule has 18 heavy (non-hydrogen) atoms. The summed E-state index contributed by atoms with van der Waals surface area (Å²) >= 11 is 0. The number of aromatic nitrogens is 2. The Morgan fingerprint density at radius 2 is 2.00 bits per heavy atom. The average molecular weight is 250 g/mol. The van der Waals surface area contributed by atoms with Gasteiger partial charge in [0, 0.05) is 19.6 Å². The van der Waals surface area contributed by atoms with E-state index in [1.165, 1.54) is 12.8 Å². The van der Waals surface area contributed by atoms with E-state index in [0.717, 1.165) is 38.9 Å². The van der Waals surface area contributed by atoms with E-state index < -0.39 is 0 Å². The van der Waals surface area contributed by atoms with Gasteiger partial charge in [-0.1, -0.05) is 19.8 Å². The maximum atomic E-state index is 12.5. The summed E-state index contributed by atoms with van der Waals surface area (Å²) in [4.78, 5) is 14.4. The van der Waals surface area contributed by atoms with Crippen molar-refractivity contribution < 1.29 is 4.79 Å². The van der Waals surface area contributed by atoms with E-state index in [1.807, 2.05) is 4.90 Å². The molecule has 1 aliphatic rings. The Labute approximate surface area is 108 Å². The molecular weight excluding hydrogens is 228 g/mol. The molecule has 1 saturated heterocycles. The normalized spacial score (nSPS) is 16.6. The van der Waals surface area contributed by atoms with Gasteiger partial charge in [-0.15, -0.1) is 0 Å². The standard InChI is InChI=1S/C13H22N4O/c1-2-7-17-12(11(14)10-15-17)13(18)16-8-5-3-4-6-9-16/h10H,2-9,14H2,1H3. The lowest BCUT2D eigenvalue weighted by Gasteiger charge is -2.21. The second kappa shape index (κ2) is 5.89. The van der Waals surface area contributed by atoms with Gasteiger partial charge < -0.3 is 10.6 Å². The molecule has 0 atom stereocenters. The molecule has 1 aliphatic heterocycles. The second-order valence-electron chi connectivity index (χ2n) is 4.88. The average Bonchev–Trinajstić information content (AvgIpc) is 2.58. The largest absolute Gasteiger partial charge is 0.396 e. The number of carbonyl (C=O) groups is 1. The summed E-state index contributed by atoms with van der Waals surface area (Å²) in [5.41, 5.74) is 6.95. The van der Waals surface area contributed by atoms with E-state index >= 15 is 0 Å². The molecule has 0 spiro atoms. The minimum absolute atomic E-state index is 0.0420. The van der Waals surface area contributed by atoms with Gasteiger partial charge in [0.05, 0.1) is 11.9 Å². The predicted molar refractivity (Wildman–Crippen MR) is 71.3 cm³/mol. The molecule has 0 aromatic carbocycles. The number of rotatable bonds is 3. The van der Waals surface area contributed by atoms with Crippen LogP contribution in [0, 0.1) is 0 Å². The molecular formula is C13H22N4O. The van der Waals surface area contributed by atoms with Crippen LogP contribution in [-0.4, -0.2) is 33.7 Å². The van der Waals surface area contributed by atoms with Crippen LogP contribution in [0.3, 0.4) is 0 Å². The van der Waals surface area contributed by atoms with Gasteiger partial charge in [0.15, 0.2) is 0 Å². The zero-order valence-electron chi connectivity index (χ0n) is 11.1. The van der Waals surface area contributed by atoms with Crippen LogP contribution < -0.4 is 5.73 Å². The van der Waals surface area contributed by atoms with Crippen molar-refractivity contribution >= 4 is 11.6 Å². The van der Waals surface area contributed by atoms with E-state index in [1.54, 1.807) is 10.9 Å². The summed E-state index contributed by atoms with van der Waals surface area (Å²) in [7, 11) is 0. The third-order valence-corrected chi connectivity index (χ3v) is 3.40. The Bertz CT molecular complexity index is 405. The van der Waals surface area contributed by atoms with Gasteiger partial charge in [0.25, 0.3) is 5.91 Å². The molecule has 2 N–H and O–H groups in total. The molecule has 0 saturated carbocycles. The fourth-order valence-corrected chi connectivity index (χ4v) is 2.44. The van der Waals surface area contributed by atoms with Crippen LogP contribution in [0.15, 0.2) is 6.20 Å². The Morgan fingerprint density at radius 3 is 2.61 bits per heavy atom. The number of nitrogens with two attached hydrogens (primary N) is 1. The van der Waals surface area contributed by atoms with Gasteiger partial charge in [-0.05, 0) is 19.3 Å². The SMILES string of the molecule is CCCn1ncc(N)c1C(=O)N1CCCCCC1. The number of hydrogen-bond acceptors (Lipinski definition) is 3. The number of hydrogen-bond donors (Lipinski definition) is 1. The molecule has 2 heterocycles. The summed E-state index contributed by atoms with van der Waals surface area (Å²) in [5.74, 6) is 0.0420. The summed E-state index contributed by atoms with van der Waals surface area (Å²) in [6.07, 6.45) is 7.14. The molecule has 1 amide bonds. The lowest BCUT2D eigenvalue weighted by Crippen LogP contribution is -2.34. The van der Waals surface area contributed by atoms with Crippen LogP contribution in [0.2, 0.25) is 0 Å². The van der Waals surface area contributed by atoms with E-state index in [9.17, 15) is 4.79 Å². The first-order chi connectivity index (χ1) is 8.74. The Balaban J connectivity index is 2.18. The van der Waals surface area contributed by atoms with Gasteiger partial charge in [-0.25, -0.2) is 0 Å². The minimum Gasteiger partial charge on any atom is -0.396 e. The smallest absolute Gasteiger partial charge is 0.274 e. The molecule has 100 valence electrons. The fraction of sp³-hybridized carbons (Fsp3) is 0.692. The number of nitrogens with zero attached hydrogens (tertiary/aromatic N) is 3. The van der Waals surface area contributed by atoms with Crippen molar-refractivity contribution in [3.63, 3.8) is 0 Å². The molecule has 0 aliphatic carbocycles. The highest BCUT2D eigenvalue weighted by Gasteiger charge is 2.23. The van der Waals surface area contributed by atoms with Crippen molar-refractivity contribution in [1.82, 2.24) is 14.7 Å². The Hall–Kier alpha value is -1.52. The first kappa shape index (κ1) is 12.9. The van der Waals surface area contributed by atoms with E-state index in [2.05, 4.69) is 12.0 Å². The van der Waals surface area contributed by atoms with Crippen molar-refractivity contribution in [1.29, 1.82) is 0 Å². The molecule has 0 bridgehead atoms. The quantitative estimate of drug-likeness (QED) is 0.891. The maximum Gasteiger partial charge on any atom is 0.274 e. The third kappa shape index (κ3) is 2.66. The van der Waals surface area contributed by atoms with Crippen molar-refractivity contribution in [3.05, 3.63) is 11.9 Å². The van der Waals surface area contributed by atoms with Gasteiger partial charge in [-0.2, -0.15) is 5.10 Å². The van der Waals surface area contributed by atoms with E-state index in [0.29, 0.717) is 11.4 Å². The molecule has 0 radical (unpaired) electrons. The zero-order chi connectivity index (χ0) is 13.0. The number of likely N-dealkylation sites (tertiary alicyclic amines) is 1. The molecule has 5 heteroatoms. The lowest BCUT2D eigenvalue weighted by atomic mass is 10.2. The van der Waals surface area contributed by atoms with Crippen molar-refractivity contribution in [2.24, 2.45) is 0 Å². The lowest BCUT2D eigenvalue weighted by molar-refractivity contribution is 0.0750. The van der Waals surface area contributed by atoms with Crippen LogP contribution in [0.25, 0.3) is 0 Å². The van der Waals surface area contributed by atoms with Crippen LogP contribution in [0.1, 0.15) is 49.5 Å². The van der Waals surface area contributed by atoms with Crippen molar-refractivity contribution in [2.75, 3.05) is 18.8 Å². The highest BCUT2D eigenvalue weighted by molar-refractivity contribution is 5.97. The topological polar surface area (TPSA) is 64.2 Å². The first-order valence-corrected chi connectivity index (χ1v) is 6.84. The van der Waals surface area contributed by atoms with Crippen LogP contribution >= 0.6 is 0 Å². The molecule has 0 unspecified atom stereocenters. The number of carbonyl (C=O) groups excluding carboxylic acids is 1. The third-order valence-electron chi connectivity index (χ3n) is 3.40. The summed E-state index contributed by atoms with van der Waals surface area (Å²) in [6, 6.07) is 0. The minimum atomic E-state index is 0.0420. The highest BCUT2D eigenvalue weighted by atomic mass is 16.2. The predicted octanol–water partition coefficient (Wildman–Crippen LogP) is 1.89. The molecule has 1 aromatic rings. The van der Waals surface area contributed by atoms with Gasteiger partial charge in [0.2, 0.25) is 0 Å². The molecule has 5 nitrogen and oxygen atoms in total. The molecule has 2 rings (SSSR count). The summed E-state index contributed by atoms with van der Waals surface area (Å²) in [6.45, 7) is 4.50. The van der Waals surface area contributed by atoms with E-state index in [-0.39, 0.29) is 5.91 Å². The number of nitrogen functional groups attached to an aromatic ring is 1. The number of amides is 1. The first-order valence-electron chi connectivity index (χ1n) is 6.84. The number of aryl methyl sites for hydroxylation is 1. The monoisotopic (exact) mass is 250 g/mol. The molecule has 1 fully saturated rings. The van der Waals surface area contributed by atoms with Crippen molar-refractivity contribution in [2.45, 2.75) is 45.6 Å². The summed E-state index contributed by atoms with van der Waals surface area (Å²) in [5, 5.41) is 4.19. The second-order valence-corrected chi connectivity index (χ2v) is 4.88. The van der Waals surface area contributed by atoms with Crippen LogP contribution in [-0.2, 0) is 6.54 Å². The zero-order valence-corrected chi connectivity index (χ0v) is 11.1. The van der Waals surface area contributed by atoms with Crippen LogP contribution in [0.5, 0.6) is 0 Å². The van der Waals surface area contributed by atoms with Crippen LogP contribution in [0.4, 0.5) is 5.69 Å². The highest BCUT2D eigenvalue weighted by Crippen LogP contribution is 2.17. The van der Waals surface area contributed by atoms with E-state index in [4.69, 9.17) is 5.73 Å². The number of anilines is 1. The van der Waals surface area contributed by atoms with Gasteiger partial charge in [-0.3, -0.25) is 9.48 Å². The van der Waals surface area contributed by atoms with Gasteiger partial charge in [0.1, 0.15) is 5.69 Å². The maximum absolute atomic E-state index is 12.5. The fourth-order valence-electron chi connectivity index (χ4n) is 2.44. The summed E-state index contributed by atoms with van der Waals surface area (Å²) < 4.78 is 1.74. The Morgan fingerprint density at radius 1 is 1.33 bits per heavy atom. The Kier molecular flexibility index (Phi) is 4.23. The van der Waals surface area contributed by atoms with Crippen molar-refractivity contribution in [3.8, 4) is 0 Å².